The van der Waals surface area contributed by atoms with Gasteiger partial charge < -0.3 is 24.8 Å². The molecule has 1 saturated heterocycles. The van der Waals surface area contributed by atoms with E-state index in [0.29, 0.717) is 42.2 Å². The monoisotopic (exact) mass is 685 g/mol. The number of anilines is 1. The molecule has 0 radical (unpaired) electrons. The van der Waals surface area contributed by atoms with E-state index in [1.165, 1.54) is 63.5 Å². The van der Waals surface area contributed by atoms with Crippen LogP contribution in [0.2, 0.25) is 0 Å². The summed E-state index contributed by atoms with van der Waals surface area (Å²) in [7, 11) is 0. The molecule has 1 spiro atoms. The van der Waals surface area contributed by atoms with E-state index in [9.17, 15) is 14.3 Å². The van der Waals surface area contributed by atoms with Gasteiger partial charge in [0.25, 0.3) is 0 Å². The summed E-state index contributed by atoms with van der Waals surface area (Å²) in [6, 6.07) is 14.7. The molecule has 2 aromatic carbocycles. The third-order valence-electron chi connectivity index (χ3n) is 11.2. The van der Waals surface area contributed by atoms with E-state index < -0.39 is 17.7 Å². The van der Waals surface area contributed by atoms with Crippen LogP contribution in [0.5, 0.6) is 5.75 Å². The standard InChI is InChI=1S/C42H56FN3O4/c1-29-36(39(40(47)48)50-41(2,3)4)38(46-24-22-42(23-25-46)20-8-21-42)37(35(45-29)28-44-27-31-9-6-5-7-10-31)32-13-17-34(18-14-32)49-26-19-30-11-15-33(43)16-12-30/h11-18,31,39,44H,5-10,19-28H2,1-4H3,(H,47,48). The minimum Gasteiger partial charge on any atom is -0.493 e. The summed E-state index contributed by atoms with van der Waals surface area (Å²) in [6.07, 6.45) is 12.1. The summed E-state index contributed by atoms with van der Waals surface area (Å²) >= 11 is 0. The molecule has 6 rings (SSSR count). The van der Waals surface area contributed by atoms with Gasteiger partial charge in [-0.15, -0.1) is 0 Å². The fraction of sp³-hybridized carbons (Fsp3) is 0.571. The van der Waals surface area contributed by atoms with Crippen LogP contribution >= 0.6 is 0 Å². The van der Waals surface area contributed by atoms with Crippen LogP contribution in [0.3, 0.4) is 0 Å². The summed E-state index contributed by atoms with van der Waals surface area (Å²) in [5.74, 6) is 0.182. The van der Waals surface area contributed by atoms with E-state index in [1.807, 2.05) is 39.8 Å². The van der Waals surface area contributed by atoms with Crippen molar-refractivity contribution in [3.05, 3.63) is 76.9 Å². The molecule has 8 heteroatoms. The Morgan fingerprint density at radius 3 is 2.28 bits per heavy atom. The second-order valence-corrected chi connectivity index (χ2v) is 16.0. The van der Waals surface area contributed by atoms with Crippen molar-refractivity contribution >= 4 is 11.7 Å². The van der Waals surface area contributed by atoms with Gasteiger partial charge in [-0.3, -0.25) is 4.98 Å². The molecular formula is C42H56FN3O4. The maximum Gasteiger partial charge on any atom is 0.337 e. The first-order chi connectivity index (χ1) is 24.0. The van der Waals surface area contributed by atoms with Crippen LogP contribution in [0.4, 0.5) is 10.1 Å². The lowest BCUT2D eigenvalue weighted by Crippen LogP contribution is -2.44. The molecule has 2 N–H and O–H groups in total. The smallest absolute Gasteiger partial charge is 0.337 e. The molecular weight excluding hydrogens is 629 g/mol. The Bertz CT molecular complexity index is 1580. The SMILES string of the molecule is Cc1nc(CNCC2CCCCC2)c(-c2ccc(OCCc3ccc(F)cc3)cc2)c(N2CCC3(CCC3)CC2)c1C(OC(C)(C)C)C(=O)O. The molecule has 1 unspecified atom stereocenters. The number of pyridine rings is 1. The quantitative estimate of drug-likeness (QED) is 0.186. The van der Waals surface area contributed by atoms with Gasteiger partial charge in [-0.2, -0.15) is 0 Å². The molecule has 2 saturated carbocycles. The Labute approximate surface area is 298 Å². The van der Waals surface area contributed by atoms with Crippen molar-refractivity contribution in [2.24, 2.45) is 11.3 Å². The first-order valence-corrected chi connectivity index (χ1v) is 18.9. The number of aryl methyl sites for hydroxylation is 1. The lowest BCUT2D eigenvalue weighted by Gasteiger charge is -2.49. The highest BCUT2D eigenvalue weighted by Crippen LogP contribution is 2.51. The number of carboxylic acid groups (broad SMARTS) is 1. The number of rotatable bonds is 13. The average molecular weight is 686 g/mol. The zero-order chi connectivity index (χ0) is 35.3. The zero-order valence-electron chi connectivity index (χ0n) is 30.5. The number of carbonyl (C=O) groups is 1. The number of nitrogens with one attached hydrogen (secondary N) is 1. The third kappa shape index (κ3) is 8.86. The van der Waals surface area contributed by atoms with Gasteiger partial charge in [0.05, 0.1) is 23.6 Å². The Kier molecular flexibility index (Phi) is 11.5. The van der Waals surface area contributed by atoms with Crippen molar-refractivity contribution in [3.63, 3.8) is 0 Å². The van der Waals surface area contributed by atoms with Crippen LogP contribution in [-0.4, -0.2) is 47.9 Å². The lowest BCUT2D eigenvalue weighted by molar-refractivity contribution is -0.160. The summed E-state index contributed by atoms with van der Waals surface area (Å²) < 4.78 is 25.8. The van der Waals surface area contributed by atoms with E-state index >= 15 is 0 Å². The van der Waals surface area contributed by atoms with Gasteiger partial charge in [0.2, 0.25) is 0 Å². The Hall–Kier alpha value is -3.49. The third-order valence-corrected chi connectivity index (χ3v) is 11.2. The minimum atomic E-state index is -1.16. The van der Waals surface area contributed by atoms with Crippen molar-refractivity contribution in [2.75, 3.05) is 31.1 Å². The molecule has 270 valence electrons. The van der Waals surface area contributed by atoms with Crippen LogP contribution in [0.1, 0.15) is 114 Å². The van der Waals surface area contributed by atoms with Crippen molar-refractivity contribution in [2.45, 2.75) is 117 Å². The molecule has 7 nitrogen and oxygen atoms in total. The first-order valence-electron chi connectivity index (χ1n) is 18.9. The molecule has 3 aliphatic rings. The molecule has 1 aliphatic heterocycles. The second-order valence-electron chi connectivity index (χ2n) is 16.0. The van der Waals surface area contributed by atoms with Gasteiger partial charge in [0, 0.05) is 42.9 Å². The van der Waals surface area contributed by atoms with Gasteiger partial charge in [-0.1, -0.05) is 49.9 Å². The number of carboxylic acids is 1. The lowest BCUT2D eigenvalue weighted by atomic mass is 9.63. The van der Waals surface area contributed by atoms with Crippen LogP contribution in [0.15, 0.2) is 48.5 Å². The number of aliphatic carboxylic acids is 1. The van der Waals surface area contributed by atoms with Crippen LogP contribution in [-0.2, 0) is 22.5 Å². The van der Waals surface area contributed by atoms with Crippen LogP contribution in [0, 0.1) is 24.1 Å². The number of hydrogen-bond donors (Lipinski definition) is 2. The number of piperidine rings is 1. The molecule has 2 aliphatic carbocycles. The average Bonchev–Trinajstić information content (AvgIpc) is 3.08. The largest absolute Gasteiger partial charge is 0.493 e. The number of ether oxygens (including phenoxy) is 2. The van der Waals surface area contributed by atoms with Crippen LogP contribution < -0.4 is 15.0 Å². The predicted molar refractivity (Wildman–Crippen MR) is 197 cm³/mol. The van der Waals surface area contributed by atoms with Gasteiger partial charge in [-0.05, 0) is 119 Å². The molecule has 50 heavy (non-hydrogen) atoms. The number of aromatic nitrogens is 1. The second kappa shape index (κ2) is 15.8. The van der Waals surface area contributed by atoms with Gasteiger partial charge in [0.15, 0.2) is 6.10 Å². The maximum absolute atomic E-state index is 13.4. The Morgan fingerprint density at radius 1 is 1.00 bits per heavy atom. The molecule has 0 amide bonds. The van der Waals surface area contributed by atoms with Crippen molar-refractivity contribution in [3.8, 4) is 16.9 Å². The molecule has 1 aromatic heterocycles. The van der Waals surface area contributed by atoms with Gasteiger partial charge in [0.1, 0.15) is 11.6 Å². The van der Waals surface area contributed by atoms with E-state index in [1.54, 1.807) is 12.1 Å². The van der Waals surface area contributed by atoms with Crippen LogP contribution in [0.25, 0.3) is 11.1 Å². The topological polar surface area (TPSA) is 83.9 Å². The number of benzene rings is 2. The van der Waals surface area contributed by atoms with Gasteiger partial charge in [-0.25, -0.2) is 9.18 Å². The predicted octanol–water partition coefficient (Wildman–Crippen LogP) is 9.20. The van der Waals surface area contributed by atoms with E-state index in [4.69, 9.17) is 14.5 Å². The number of hydrogen-bond acceptors (Lipinski definition) is 6. The number of halogens is 1. The summed E-state index contributed by atoms with van der Waals surface area (Å²) in [6.45, 7) is 11.5. The maximum atomic E-state index is 13.4. The summed E-state index contributed by atoms with van der Waals surface area (Å²) in [5.41, 5.74) is 6.00. The Morgan fingerprint density at radius 2 is 1.68 bits per heavy atom. The molecule has 3 aromatic rings. The van der Waals surface area contributed by atoms with E-state index in [2.05, 4.69) is 22.3 Å². The van der Waals surface area contributed by atoms with E-state index in [0.717, 1.165) is 66.3 Å². The molecule has 3 fully saturated rings. The van der Waals surface area contributed by atoms with Crippen molar-refractivity contribution in [1.82, 2.24) is 10.3 Å². The minimum absolute atomic E-state index is 0.242. The van der Waals surface area contributed by atoms with Crippen molar-refractivity contribution < 1.29 is 23.8 Å². The Balaban J connectivity index is 1.37. The molecule has 0 bridgehead atoms. The number of nitrogens with zero attached hydrogens (tertiary/aromatic N) is 2. The normalized spacial score (nSPS) is 18.5. The van der Waals surface area contributed by atoms with E-state index in [-0.39, 0.29) is 5.82 Å². The summed E-state index contributed by atoms with van der Waals surface area (Å²) in [5, 5.41) is 14.4. The van der Waals surface area contributed by atoms with Gasteiger partial charge >= 0.3 is 5.97 Å². The highest BCUT2D eigenvalue weighted by molar-refractivity contribution is 5.88. The zero-order valence-corrected chi connectivity index (χ0v) is 30.5. The molecule has 1 atom stereocenters. The van der Waals surface area contributed by atoms with Crippen molar-refractivity contribution in [1.29, 1.82) is 0 Å². The summed E-state index contributed by atoms with van der Waals surface area (Å²) in [4.78, 5) is 20.7. The fourth-order valence-corrected chi connectivity index (χ4v) is 8.24. The first kappa shape index (κ1) is 36.3. The molecule has 2 heterocycles. The fourth-order valence-electron chi connectivity index (χ4n) is 8.24. The highest BCUT2D eigenvalue weighted by Gasteiger charge is 2.42. The highest BCUT2D eigenvalue weighted by atomic mass is 19.1.